The van der Waals surface area contributed by atoms with Crippen LogP contribution in [0, 0.1) is 0 Å². The van der Waals surface area contributed by atoms with Gasteiger partial charge in [-0.3, -0.25) is 9.59 Å². The fourth-order valence-corrected chi connectivity index (χ4v) is 4.61. The Kier molecular flexibility index (Phi) is 3.76. The van der Waals surface area contributed by atoms with Crippen LogP contribution in [0.15, 0.2) is 48.7 Å². The molecule has 140 valence electrons. The van der Waals surface area contributed by atoms with Crippen molar-refractivity contribution in [1.82, 2.24) is 9.78 Å². The maximum atomic E-state index is 13.1. The van der Waals surface area contributed by atoms with Gasteiger partial charge in [-0.15, -0.1) is 0 Å². The lowest BCUT2D eigenvalue weighted by atomic mass is 9.72. The van der Waals surface area contributed by atoms with Crippen molar-refractivity contribution in [3.05, 3.63) is 75.4 Å². The van der Waals surface area contributed by atoms with E-state index in [-0.39, 0.29) is 18.2 Å². The molecule has 1 aromatic heterocycles. The fourth-order valence-electron chi connectivity index (χ4n) is 4.08. The lowest BCUT2D eigenvalue weighted by molar-refractivity contribution is -0.125. The number of benzene rings is 2. The van der Waals surface area contributed by atoms with E-state index in [1.807, 2.05) is 18.2 Å². The van der Waals surface area contributed by atoms with Crippen molar-refractivity contribution in [2.24, 2.45) is 0 Å². The van der Waals surface area contributed by atoms with Crippen molar-refractivity contribution in [3.8, 4) is 0 Å². The molecule has 2 N–H and O–H groups in total. The van der Waals surface area contributed by atoms with Gasteiger partial charge in [0.05, 0.1) is 12.7 Å². The third-order valence-corrected chi connectivity index (χ3v) is 6.02. The Labute approximate surface area is 170 Å². The van der Waals surface area contributed by atoms with E-state index in [4.69, 9.17) is 23.2 Å². The van der Waals surface area contributed by atoms with Crippen molar-refractivity contribution in [2.45, 2.75) is 18.4 Å². The highest BCUT2D eigenvalue weighted by Gasteiger charge is 2.55. The smallest absolute Gasteiger partial charge is 0.240 e. The van der Waals surface area contributed by atoms with Crippen LogP contribution >= 0.6 is 23.2 Å². The van der Waals surface area contributed by atoms with Crippen LogP contribution in [0.3, 0.4) is 0 Å². The van der Waals surface area contributed by atoms with Crippen LogP contribution in [0.1, 0.15) is 23.1 Å². The molecule has 0 aliphatic carbocycles. The number of hydrogen-bond acceptors (Lipinski definition) is 3. The van der Waals surface area contributed by atoms with Gasteiger partial charge in [-0.2, -0.15) is 5.10 Å². The van der Waals surface area contributed by atoms with E-state index in [1.165, 1.54) is 0 Å². The normalized spacial score (nSPS) is 19.9. The number of carbonyl (C=O) groups excluding carboxylic acids is 2. The summed E-state index contributed by atoms with van der Waals surface area (Å²) in [6.07, 6.45) is 1.60. The Hall–Kier alpha value is -2.83. The van der Waals surface area contributed by atoms with E-state index < -0.39 is 5.41 Å². The Morgan fingerprint density at radius 3 is 2.64 bits per heavy atom. The highest BCUT2D eigenvalue weighted by Crippen LogP contribution is 2.52. The summed E-state index contributed by atoms with van der Waals surface area (Å²) in [5, 5.41) is 11.2. The number of amides is 2. The monoisotopic (exact) mass is 412 g/mol. The van der Waals surface area contributed by atoms with E-state index in [2.05, 4.69) is 15.7 Å². The largest absolute Gasteiger partial charge is 0.325 e. The second kappa shape index (κ2) is 6.09. The van der Waals surface area contributed by atoms with Crippen LogP contribution < -0.4 is 10.6 Å². The Balaban J connectivity index is 1.69. The Bertz CT molecular complexity index is 1160. The third kappa shape index (κ3) is 2.31. The summed E-state index contributed by atoms with van der Waals surface area (Å²) in [4.78, 5) is 25.7. The molecule has 1 atom stereocenters. The molecule has 3 heterocycles. The number of rotatable bonds is 2. The topological polar surface area (TPSA) is 76.0 Å². The van der Waals surface area contributed by atoms with E-state index >= 15 is 0 Å². The number of halogens is 2. The van der Waals surface area contributed by atoms with Crippen molar-refractivity contribution in [1.29, 1.82) is 0 Å². The van der Waals surface area contributed by atoms with Crippen LogP contribution in [0.2, 0.25) is 10.0 Å². The zero-order valence-corrected chi connectivity index (χ0v) is 16.0. The summed E-state index contributed by atoms with van der Waals surface area (Å²) in [5.74, 6) is -0.0561. The maximum Gasteiger partial charge on any atom is 0.240 e. The van der Waals surface area contributed by atoms with Crippen molar-refractivity contribution < 1.29 is 9.59 Å². The number of anilines is 2. The number of nitrogens with zero attached hydrogens (tertiary/aromatic N) is 2. The van der Waals surface area contributed by atoms with Gasteiger partial charge < -0.3 is 10.6 Å². The first kappa shape index (κ1) is 17.3. The lowest BCUT2D eigenvalue weighted by Gasteiger charge is -2.32. The Morgan fingerprint density at radius 2 is 1.82 bits per heavy atom. The highest BCUT2D eigenvalue weighted by atomic mass is 35.5. The quantitative estimate of drug-likeness (QED) is 0.671. The van der Waals surface area contributed by atoms with Crippen LogP contribution in [0.5, 0.6) is 0 Å². The van der Waals surface area contributed by atoms with Crippen LogP contribution in [-0.2, 0) is 21.5 Å². The molecule has 0 bridgehead atoms. The summed E-state index contributed by atoms with van der Waals surface area (Å²) in [6.45, 7) is 0.363. The van der Waals surface area contributed by atoms with Gasteiger partial charge in [0.2, 0.25) is 11.8 Å². The fraction of sp³-hybridized carbons (Fsp3) is 0.150. The number of hydrogen-bond donors (Lipinski definition) is 2. The average Bonchev–Trinajstić information content (AvgIpc) is 3.18. The first-order valence-corrected chi connectivity index (χ1v) is 9.46. The van der Waals surface area contributed by atoms with Gasteiger partial charge in [-0.05, 0) is 23.8 Å². The molecule has 28 heavy (non-hydrogen) atoms. The van der Waals surface area contributed by atoms with E-state index in [0.717, 1.165) is 5.56 Å². The van der Waals surface area contributed by atoms with Crippen molar-refractivity contribution in [3.63, 3.8) is 0 Å². The molecule has 0 fully saturated rings. The molecule has 5 rings (SSSR count). The molecule has 8 heteroatoms. The molecule has 2 aliphatic rings. The molecular formula is C20H14Cl2N4O2. The first-order valence-electron chi connectivity index (χ1n) is 8.70. The molecule has 0 saturated carbocycles. The molecule has 6 nitrogen and oxygen atoms in total. The number of nitrogens with one attached hydrogen (secondary N) is 2. The summed E-state index contributed by atoms with van der Waals surface area (Å²) < 4.78 is 1.65. The second-order valence-electron chi connectivity index (χ2n) is 6.90. The van der Waals surface area contributed by atoms with Crippen molar-refractivity contribution >= 4 is 46.5 Å². The van der Waals surface area contributed by atoms with Crippen LogP contribution in [0.4, 0.5) is 11.5 Å². The number of fused-ring (bicyclic) bond motifs is 4. The van der Waals surface area contributed by atoms with Crippen LogP contribution in [0.25, 0.3) is 0 Å². The third-order valence-electron chi connectivity index (χ3n) is 5.34. The van der Waals surface area contributed by atoms with E-state index in [1.54, 1.807) is 35.1 Å². The molecule has 0 saturated heterocycles. The number of aromatic nitrogens is 2. The molecule has 2 aromatic carbocycles. The summed E-state index contributed by atoms with van der Waals surface area (Å²) >= 11 is 12.7. The van der Waals surface area contributed by atoms with Gasteiger partial charge in [0.1, 0.15) is 11.2 Å². The molecule has 2 amide bonds. The SMILES string of the molecule is O=C1C[C@@]2(C(=O)Nc3cccc(Cl)c32)c2cnn(Cc3ccccc3Cl)c2N1. The zero-order chi connectivity index (χ0) is 19.5. The average molecular weight is 413 g/mol. The van der Waals surface area contributed by atoms with E-state index in [0.29, 0.717) is 39.2 Å². The first-order chi connectivity index (χ1) is 13.5. The molecular weight excluding hydrogens is 399 g/mol. The molecule has 0 radical (unpaired) electrons. The van der Waals surface area contributed by atoms with Crippen molar-refractivity contribution in [2.75, 3.05) is 10.6 Å². The Morgan fingerprint density at radius 1 is 1.04 bits per heavy atom. The minimum Gasteiger partial charge on any atom is -0.325 e. The lowest BCUT2D eigenvalue weighted by Crippen LogP contribution is -2.43. The summed E-state index contributed by atoms with van der Waals surface area (Å²) in [7, 11) is 0. The van der Waals surface area contributed by atoms with Gasteiger partial charge in [0.25, 0.3) is 0 Å². The van der Waals surface area contributed by atoms with Gasteiger partial charge in [0, 0.05) is 33.3 Å². The maximum absolute atomic E-state index is 13.1. The van der Waals surface area contributed by atoms with Gasteiger partial charge >= 0.3 is 0 Å². The molecule has 0 unspecified atom stereocenters. The zero-order valence-electron chi connectivity index (χ0n) is 14.5. The second-order valence-corrected chi connectivity index (χ2v) is 7.72. The van der Waals surface area contributed by atoms with Gasteiger partial charge in [-0.1, -0.05) is 47.5 Å². The minimum absolute atomic E-state index is 0.0274. The van der Waals surface area contributed by atoms with Crippen LogP contribution in [-0.4, -0.2) is 21.6 Å². The summed E-state index contributed by atoms with van der Waals surface area (Å²) in [5.41, 5.74) is 1.54. The minimum atomic E-state index is -1.19. The predicted molar refractivity (Wildman–Crippen MR) is 107 cm³/mol. The standard InChI is InChI=1S/C20H14Cl2N4O2/c21-13-5-2-1-4-11(13)10-26-18-12(9-23-26)20(8-16(27)25-18)17-14(22)6-3-7-15(17)24-19(20)28/h1-7,9H,8,10H2,(H,24,28)(H,25,27)/t20-/m1/s1. The summed E-state index contributed by atoms with van der Waals surface area (Å²) in [6, 6.07) is 12.7. The molecule has 1 spiro atoms. The highest BCUT2D eigenvalue weighted by molar-refractivity contribution is 6.33. The van der Waals surface area contributed by atoms with Gasteiger partial charge in [-0.25, -0.2) is 4.68 Å². The predicted octanol–water partition coefficient (Wildman–Crippen LogP) is 3.82. The van der Waals surface area contributed by atoms with Gasteiger partial charge in [0.15, 0.2) is 0 Å². The molecule has 3 aromatic rings. The molecule has 2 aliphatic heterocycles. The van der Waals surface area contributed by atoms with E-state index in [9.17, 15) is 9.59 Å². The number of carbonyl (C=O) groups is 2.